The van der Waals surface area contributed by atoms with Gasteiger partial charge in [0.05, 0.1) is 11.3 Å². The SMILES string of the molecule is CN(C(=O)C[C@@H]1CCC(O)N1c1cc(F)c(-c2noc(C(F)(F)F)n2)cc1F)C(C)(C)C. The van der Waals surface area contributed by atoms with Crippen LogP contribution in [0.15, 0.2) is 16.7 Å². The van der Waals surface area contributed by atoms with E-state index in [4.69, 9.17) is 0 Å². The van der Waals surface area contributed by atoms with Crippen LogP contribution in [0.3, 0.4) is 0 Å². The summed E-state index contributed by atoms with van der Waals surface area (Å²) in [6, 6.07) is 0.790. The lowest BCUT2D eigenvalue weighted by Gasteiger charge is -2.35. The van der Waals surface area contributed by atoms with Gasteiger partial charge < -0.3 is 19.4 Å². The monoisotopic (exact) mass is 462 g/mol. The molecule has 0 radical (unpaired) electrons. The first kappa shape index (κ1) is 23.9. The van der Waals surface area contributed by atoms with Gasteiger partial charge >= 0.3 is 12.1 Å². The zero-order chi connectivity index (χ0) is 24.0. The van der Waals surface area contributed by atoms with Crippen LogP contribution in [0, 0.1) is 11.6 Å². The van der Waals surface area contributed by atoms with Crippen LogP contribution in [-0.2, 0) is 11.0 Å². The Hall–Kier alpha value is -2.76. The Balaban J connectivity index is 1.90. The number of hydrogen-bond acceptors (Lipinski definition) is 6. The summed E-state index contributed by atoms with van der Waals surface area (Å²) in [6.07, 6.45) is -5.52. The number of aliphatic hydroxyl groups is 1. The van der Waals surface area contributed by atoms with Crippen LogP contribution in [0.2, 0.25) is 0 Å². The van der Waals surface area contributed by atoms with Crippen molar-refractivity contribution in [3.63, 3.8) is 0 Å². The predicted molar refractivity (Wildman–Crippen MR) is 103 cm³/mol. The van der Waals surface area contributed by atoms with Crippen molar-refractivity contribution in [3.05, 3.63) is 29.7 Å². The second-order valence-corrected chi connectivity index (χ2v) is 8.65. The molecule has 1 fully saturated rings. The van der Waals surface area contributed by atoms with Gasteiger partial charge in [0.2, 0.25) is 11.7 Å². The van der Waals surface area contributed by atoms with Crippen LogP contribution in [0.5, 0.6) is 0 Å². The topological polar surface area (TPSA) is 82.7 Å². The van der Waals surface area contributed by atoms with Crippen molar-refractivity contribution in [3.8, 4) is 11.4 Å². The highest BCUT2D eigenvalue weighted by atomic mass is 19.4. The second-order valence-electron chi connectivity index (χ2n) is 8.65. The fourth-order valence-electron chi connectivity index (χ4n) is 3.49. The van der Waals surface area contributed by atoms with Gasteiger partial charge in [-0.1, -0.05) is 5.16 Å². The number of amides is 1. The van der Waals surface area contributed by atoms with Crippen LogP contribution in [0.4, 0.5) is 27.6 Å². The maximum absolute atomic E-state index is 14.9. The number of nitrogens with zero attached hydrogens (tertiary/aromatic N) is 4. The van der Waals surface area contributed by atoms with Gasteiger partial charge in [-0.05, 0) is 39.7 Å². The lowest BCUT2D eigenvalue weighted by atomic mass is 10.0. The van der Waals surface area contributed by atoms with E-state index in [1.165, 1.54) is 9.80 Å². The molecule has 1 aromatic heterocycles. The lowest BCUT2D eigenvalue weighted by molar-refractivity contribution is -0.159. The fourth-order valence-corrected chi connectivity index (χ4v) is 3.49. The molecule has 2 heterocycles. The molecule has 12 heteroatoms. The van der Waals surface area contributed by atoms with Crippen molar-refractivity contribution in [2.24, 2.45) is 0 Å². The number of rotatable bonds is 4. The lowest BCUT2D eigenvalue weighted by Crippen LogP contribution is -2.46. The average molecular weight is 462 g/mol. The van der Waals surface area contributed by atoms with E-state index >= 15 is 0 Å². The molecule has 0 aliphatic carbocycles. The standard InChI is InChI=1S/C20H23F5N4O3/c1-19(2,3)28(4)16(31)7-10-5-6-15(30)29(10)14-9-12(21)11(8-13(14)22)17-26-18(32-27-17)20(23,24)25/h8-10,15,30H,5-7H2,1-4H3/t10-,15?/m0/s1. The number of aliphatic hydroxyl groups excluding tert-OH is 1. The van der Waals surface area contributed by atoms with Crippen LogP contribution in [-0.4, -0.2) is 50.9 Å². The molecule has 1 N–H and O–H groups in total. The highest BCUT2D eigenvalue weighted by Gasteiger charge is 2.40. The number of carbonyl (C=O) groups excluding carboxylic acids is 1. The molecule has 0 saturated carbocycles. The molecule has 7 nitrogen and oxygen atoms in total. The largest absolute Gasteiger partial charge is 0.471 e. The van der Waals surface area contributed by atoms with Gasteiger partial charge in [0.25, 0.3) is 0 Å². The molecule has 1 unspecified atom stereocenters. The third-order valence-corrected chi connectivity index (χ3v) is 5.49. The van der Waals surface area contributed by atoms with E-state index in [1.54, 1.807) is 7.05 Å². The van der Waals surface area contributed by atoms with Gasteiger partial charge in [-0.3, -0.25) is 4.79 Å². The van der Waals surface area contributed by atoms with E-state index in [0.717, 1.165) is 6.07 Å². The third kappa shape index (κ3) is 4.69. The summed E-state index contributed by atoms with van der Waals surface area (Å²) in [5, 5.41) is 13.4. The summed E-state index contributed by atoms with van der Waals surface area (Å²) in [6.45, 7) is 5.55. The van der Waals surface area contributed by atoms with Crippen molar-refractivity contribution < 1.29 is 36.4 Å². The zero-order valence-corrected chi connectivity index (χ0v) is 17.9. The molecule has 176 valence electrons. The summed E-state index contributed by atoms with van der Waals surface area (Å²) < 4.78 is 71.7. The second kappa shape index (κ2) is 8.30. The summed E-state index contributed by atoms with van der Waals surface area (Å²) >= 11 is 0. The Kier molecular flexibility index (Phi) is 6.20. The van der Waals surface area contributed by atoms with Crippen molar-refractivity contribution in [2.75, 3.05) is 11.9 Å². The number of carbonyl (C=O) groups is 1. The van der Waals surface area contributed by atoms with Crippen molar-refractivity contribution in [2.45, 2.75) is 64.0 Å². The maximum Gasteiger partial charge on any atom is 0.471 e. The molecule has 0 spiro atoms. The number of hydrogen-bond donors (Lipinski definition) is 1. The number of aromatic nitrogens is 2. The molecule has 1 saturated heterocycles. The normalized spacial score (nSPS) is 19.5. The number of halogens is 5. The molecular weight excluding hydrogens is 439 g/mol. The van der Waals surface area contributed by atoms with E-state index in [-0.39, 0.29) is 24.4 Å². The van der Waals surface area contributed by atoms with E-state index in [1.807, 2.05) is 20.8 Å². The minimum atomic E-state index is -4.93. The summed E-state index contributed by atoms with van der Waals surface area (Å²) in [4.78, 5) is 18.5. The zero-order valence-electron chi connectivity index (χ0n) is 17.9. The van der Waals surface area contributed by atoms with Crippen molar-refractivity contribution in [1.29, 1.82) is 0 Å². The van der Waals surface area contributed by atoms with Crippen LogP contribution in [0.1, 0.15) is 45.9 Å². The van der Waals surface area contributed by atoms with Gasteiger partial charge in [-0.2, -0.15) is 18.2 Å². The Morgan fingerprint density at radius 1 is 1.22 bits per heavy atom. The molecular formula is C20H23F5N4O3. The molecule has 2 aromatic rings. The van der Waals surface area contributed by atoms with Gasteiger partial charge in [-0.15, -0.1) is 0 Å². The Morgan fingerprint density at radius 2 is 1.88 bits per heavy atom. The highest BCUT2D eigenvalue weighted by Crippen LogP contribution is 2.37. The number of benzene rings is 1. The molecule has 1 aliphatic heterocycles. The first-order chi connectivity index (χ1) is 14.7. The van der Waals surface area contributed by atoms with E-state index < -0.39 is 52.9 Å². The quantitative estimate of drug-likeness (QED) is 0.693. The summed E-state index contributed by atoms with van der Waals surface area (Å²) in [5.74, 6) is -4.80. The van der Waals surface area contributed by atoms with Gasteiger partial charge in [0, 0.05) is 31.1 Å². The van der Waals surface area contributed by atoms with E-state index in [2.05, 4.69) is 14.7 Å². The molecule has 1 amide bonds. The van der Waals surface area contributed by atoms with Gasteiger partial charge in [-0.25, -0.2) is 8.78 Å². The smallest absolute Gasteiger partial charge is 0.374 e. The fraction of sp³-hybridized carbons (Fsp3) is 0.550. The minimum absolute atomic E-state index is 0.0343. The maximum atomic E-state index is 14.9. The number of anilines is 1. The van der Waals surface area contributed by atoms with Crippen LogP contribution in [0.25, 0.3) is 11.4 Å². The number of alkyl halides is 3. The van der Waals surface area contributed by atoms with Crippen molar-refractivity contribution >= 4 is 11.6 Å². The third-order valence-electron chi connectivity index (χ3n) is 5.49. The minimum Gasteiger partial charge on any atom is -0.374 e. The Bertz CT molecular complexity index is 1000. The molecule has 0 bridgehead atoms. The van der Waals surface area contributed by atoms with E-state index in [0.29, 0.717) is 12.5 Å². The van der Waals surface area contributed by atoms with Crippen LogP contribution >= 0.6 is 0 Å². The van der Waals surface area contributed by atoms with Crippen LogP contribution < -0.4 is 4.90 Å². The average Bonchev–Trinajstić information content (AvgIpc) is 3.29. The predicted octanol–water partition coefficient (Wildman–Crippen LogP) is 3.97. The Labute approximate surface area is 180 Å². The molecule has 3 rings (SSSR count). The molecule has 1 aliphatic rings. The van der Waals surface area contributed by atoms with Gasteiger partial charge in [0.15, 0.2) is 0 Å². The highest BCUT2D eigenvalue weighted by molar-refractivity contribution is 5.78. The first-order valence-electron chi connectivity index (χ1n) is 9.83. The summed E-state index contributed by atoms with van der Waals surface area (Å²) in [7, 11) is 1.63. The van der Waals surface area contributed by atoms with E-state index in [9.17, 15) is 31.9 Å². The molecule has 32 heavy (non-hydrogen) atoms. The first-order valence-corrected chi connectivity index (χ1v) is 9.83. The van der Waals surface area contributed by atoms with Crippen molar-refractivity contribution in [1.82, 2.24) is 15.0 Å². The molecule has 2 atom stereocenters. The Morgan fingerprint density at radius 3 is 2.44 bits per heavy atom. The molecule has 1 aromatic carbocycles. The summed E-state index contributed by atoms with van der Waals surface area (Å²) in [5.41, 5.74) is -1.39. The van der Waals surface area contributed by atoms with Gasteiger partial charge in [0.1, 0.15) is 17.9 Å².